The summed E-state index contributed by atoms with van der Waals surface area (Å²) in [6.07, 6.45) is 34.0. The van der Waals surface area contributed by atoms with Crippen molar-refractivity contribution in [1.29, 1.82) is 0 Å². The predicted molar refractivity (Wildman–Crippen MR) is 502 cm³/mol. The van der Waals surface area contributed by atoms with Crippen molar-refractivity contribution < 1.29 is 41.7 Å². The first kappa shape index (κ1) is 93.4. The Morgan fingerprint density at radius 2 is 0.818 bits per heavy atom. The van der Waals surface area contributed by atoms with Crippen LogP contribution < -0.4 is 11.5 Å². The van der Waals surface area contributed by atoms with Gasteiger partial charge >= 0.3 is 5.97 Å². The number of piperidine rings is 6. The molecule has 27 heteroatoms. The number of primary amides is 1. The smallest absolute Gasteiger partial charge is 0.335 e. The van der Waals surface area contributed by atoms with E-state index in [4.69, 9.17) is 38.0 Å². The molecule has 5 saturated carbocycles. The van der Waals surface area contributed by atoms with E-state index < -0.39 is 16.1 Å². The lowest BCUT2D eigenvalue weighted by Gasteiger charge is -2.44. The maximum absolute atomic E-state index is 12.2. The lowest BCUT2D eigenvalue weighted by molar-refractivity contribution is -0.132. The Hall–Kier alpha value is -5.24. The molecule has 7 aliphatic heterocycles. The van der Waals surface area contributed by atoms with Gasteiger partial charge in [0, 0.05) is 139 Å². The van der Waals surface area contributed by atoms with E-state index in [1.54, 1.807) is 59.6 Å². The molecular formula is C94H127BrN10O9S7. The zero-order chi connectivity index (χ0) is 84.9. The number of aryl methyl sites for hydroxylation is 1. The molecule has 0 bridgehead atoms. The molecule has 18 rings (SSSR count). The number of carbonyl (C=O) groups is 5. The number of benzene rings is 5. The number of aromatic carboxylic acids is 1. The van der Waals surface area contributed by atoms with Crippen LogP contribution in [-0.2, 0) is 41.7 Å². The number of ketones is 1. The van der Waals surface area contributed by atoms with E-state index in [9.17, 15) is 32.4 Å². The van der Waals surface area contributed by atoms with Crippen molar-refractivity contribution >= 4 is 131 Å². The number of thioether (sulfide) groups is 4. The average molecular weight is 1850 g/mol. The number of thiocarbonyl (C=S) groups is 1. The highest BCUT2D eigenvalue weighted by molar-refractivity contribution is 9.10. The molecule has 6 aromatic rings. The number of halogens is 1. The Labute approximate surface area is 754 Å². The Bertz CT molecular complexity index is 4220. The minimum atomic E-state index is -3.61. The number of aromatic nitrogens is 1. The number of carbonyl (C=O) groups excluding carboxylic acids is 4. The normalized spacial score (nSPS) is 26.4. The molecule has 5 aliphatic carbocycles. The monoisotopic (exact) mass is 1840 g/mol. The molecule has 3 amide bonds. The van der Waals surface area contributed by atoms with E-state index in [0.717, 1.165) is 101 Å². The van der Waals surface area contributed by atoms with Crippen LogP contribution in [0.4, 0.5) is 0 Å². The first-order chi connectivity index (χ1) is 58.5. The molecule has 0 radical (unpaired) electrons. The fourth-order valence-electron chi connectivity index (χ4n) is 18.2. The molecule has 1 atom stereocenters. The van der Waals surface area contributed by atoms with Gasteiger partial charge in [0.25, 0.3) is 10.1 Å². The summed E-state index contributed by atoms with van der Waals surface area (Å²) in [4.78, 5) is 84.0. The number of alkyl halides is 1. The van der Waals surface area contributed by atoms with Gasteiger partial charge in [-0.2, -0.15) is 8.42 Å². The van der Waals surface area contributed by atoms with Gasteiger partial charge in [0.1, 0.15) is 15.8 Å². The number of nitrogens with two attached hydrogens (primary N) is 2. The molecule has 1 unspecified atom stereocenters. The summed E-state index contributed by atoms with van der Waals surface area (Å²) >= 11 is 17.8. The lowest BCUT2D eigenvalue weighted by Crippen LogP contribution is -2.50. The number of thiazole rings is 1. The van der Waals surface area contributed by atoms with Gasteiger partial charge in [-0.25, -0.2) is 9.78 Å². The second-order valence-electron chi connectivity index (χ2n) is 34.9. The second-order valence-corrected chi connectivity index (χ2v) is 44.6. The van der Waals surface area contributed by atoms with Gasteiger partial charge < -0.3 is 50.9 Å². The minimum absolute atomic E-state index is 0.0435. The number of rotatable bonds is 20. The Balaban J connectivity index is 0.000000128. The Morgan fingerprint density at radius 1 is 0.471 bits per heavy atom. The van der Waals surface area contributed by atoms with Crippen LogP contribution in [0.5, 0.6) is 0 Å². The van der Waals surface area contributed by atoms with Crippen LogP contribution in [0.2, 0.25) is 0 Å². The average Bonchev–Trinajstić information content (AvgIpc) is 1.32. The van der Waals surface area contributed by atoms with Crippen molar-refractivity contribution in [3.8, 4) is 10.6 Å². The van der Waals surface area contributed by atoms with Gasteiger partial charge in [0.05, 0.1) is 33.6 Å². The molecular weight excluding hydrogens is 1720 g/mol. The summed E-state index contributed by atoms with van der Waals surface area (Å²) < 4.78 is 29.8. The number of Topliss-reactive ketones (excluding diaryl/α,β-unsaturated/α-hetero) is 1. The number of likely N-dealkylation sites (tertiary alicyclic amines) is 6. The first-order valence-corrected chi connectivity index (χ1v) is 51.8. The third kappa shape index (κ3) is 27.6. The van der Waals surface area contributed by atoms with E-state index >= 15 is 0 Å². The number of hydrogen-bond acceptors (Lipinski definition) is 20. The van der Waals surface area contributed by atoms with Crippen LogP contribution in [0, 0.1) is 6.92 Å². The molecule has 11 fully saturated rings. The van der Waals surface area contributed by atoms with Crippen molar-refractivity contribution in [2.75, 3.05) is 85.1 Å². The van der Waals surface area contributed by atoms with Crippen LogP contribution >= 0.6 is 86.5 Å². The zero-order valence-corrected chi connectivity index (χ0v) is 78.4. The van der Waals surface area contributed by atoms with E-state index in [-0.39, 0.29) is 39.3 Å². The second kappa shape index (κ2) is 46.0. The molecule has 1 aromatic heterocycles. The molecule has 8 heterocycles. The largest absolute Gasteiger partial charge is 0.478 e. The van der Waals surface area contributed by atoms with Crippen molar-refractivity contribution in [3.05, 3.63) is 154 Å². The summed E-state index contributed by atoms with van der Waals surface area (Å²) in [5, 5.41) is 13.0. The van der Waals surface area contributed by atoms with Gasteiger partial charge in [0.2, 0.25) is 17.7 Å². The SMILES string of the molecule is CC(=O)N1CCC(=O)C(Br)C1.CC(=O)N1CCc2nc(-c3ccc(SC4CC(N5CCCCC5)C4)cc3)sc2C1.Cc1ccc(S(=O)(=O)OC2CC(N3CCCCC3)C2)cc1.NC(=O)c1ccc(SC2CC(N3CCCCC3)C2)cc1.NC(=S)c1ccc(SC2CC(N3CCCCC3)C2)cc1.O=C(O)c1ccc(SC2CC(N3CCCCC3)C2)cc1. The van der Waals surface area contributed by atoms with Crippen molar-refractivity contribution in [1.82, 2.24) is 39.3 Å². The van der Waals surface area contributed by atoms with Gasteiger partial charge in [-0.15, -0.1) is 58.4 Å². The molecule has 12 aliphatic rings. The fourth-order valence-corrected chi connectivity index (χ4v) is 26.4. The maximum Gasteiger partial charge on any atom is 0.335 e. The summed E-state index contributed by atoms with van der Waals surface area (Å²) in [5.41, 5.74) is 16.2. The number of hydrogen-bond donors (Lipinski definition) is 3. The van der Waals surface area contributed by atoms with Gasteiger partial charge in [0.15, 0.2) is 0 Å². The fraction of sp³-hybridized carbons (Fsp3) is 0.585. The third-order valence-electron chi connectivity index (χ3n) is 26.1. The number of carboxylic acids is 1. The number of carboxylic acid groups (broad SMARTS) is 1. The summed E-state index contributed by atoms with van der Waals surface area (Å²) in [7, 11) is -3.61. The number of fused-ring (bicyclic) bond motifs is 1. The third-order valence-corrected chi connectivity index (χ3v) is 34.7. The zero-order valence-electron chi connectivity index (χ0n) is 71.1. The van der Waals surface area contributed by atoms with Crippen LogP contribution in [0.1, 0.15) is 223 Å². The molecule has 19 nitrogen and oxygen atoms in total. The molecule has 6 saturated heterocycles. The van der Waals surface area contributed by atoms with Crippen LogP contribution in [0.25, 0.3) is 10.6 Å². The standard InChI is InChI=1S/C23H29N3OS2.C16H22N2OS.C16H22N2S2.C16H23NO3S.C16H21NO2S.C7H10BrNO2/c1-16(27)26-12-9-21-22(15-26)29-23(24-21)17-5-7-19(8-6-17)28-20-13-18(14-20)25-10-3-2-4-11-25;2*17-16(19)12-4-6-14(7-5-12)20-15-10-13(11-15)18-8-2-1-3-9-18;1-13-5-7-16(8-6-13)21(18,19)20-15-11-14(12-15)17-9-3-2-4-10-17;18-16(19)12-4-6-14(7-5-12)20-15-10-13(11-15)17-8-2-1-3-9-17;1-5(10)9-3-2-7(11)6(8)4-9/h5-8,18,20H,2-4,9-15H2,1H3;2*4-7,13,15H,1-3,8-11H2,(H2,17,19);5-8,14-15H,2-4,9-12H2,1H3;4-7,13,15H,1-3,8-11H2,(H,18,19);6H,2-4H2,1H3. The predicted octanol–water partition coefficient (Wildman–Crippen LogP) is 17.9. The lowest BCUT2D eigenvalue weighted by atomic mass is 9.87. The molecule has 656 valence electrons. The number of amides is 3. The van der Waals surface area contributed by atoms with Crippen molar-refractivity contribution in [3.63, 3.8) is 0 Å². The summed E-state index contributed by atoms with van der Waals surface area (Å²) in [6.45, 7) is 20.5. The first-order valence-electron chi connectivity index (χ1n) is 44.7. The number of nitrogens with zero attached hydrogens (tertiary/aromatic N) is 8. The topological polar surface area (TPSA) is 237 Å². The molecule has 0 spiro atoms. The summed E-state index contributed by atoms with van der Waals surface area (Å²) in [5.74, 6) is -0.805. The van der Waals surface area contributed by atoms with Gasteiger partial charge in [-0.05, 0) is 286 Å². The van der Waals surface area contributed by atoms with E-state index in [2.05, 4.69) is 76.8 Å². The van der Waals surface area contributed by atoms with Crippen LogP contribution in [0.3, 0.4) is 0 Å². The summed E-state index contributed by atoms with van der Waals surface area (Å²) in [6, 6.07) is 42.9. The van der Waals surface area contributed by atoms with Gasteiger partial charge in [-0.1, -0.05) is 102 Å². The highest BCUT2D eigenvalue weighted by Crippen LogP contribution is 2.45. The maximum atomic E-state index is 12.2. The molecule has 5 N–H and O–H groups in total. The van der Waals surface area contributed by atoms with Crippen molar-refractivity contribution in [2.45, 2.75) is 287 Å². The van der Waals surface area contributed by atoms with Gasteiger partial charge in [-0.3, -0.25) is 23.4 Å². The van der Waals surface area contributed by atoms with Crippen LogP contribution in [0.15, 0.2) is 146 Å². The quantitative estimate of drug-likeness (QED) is 0.0366. The Kier molecular flexibility index (Phi) is 35.5. The van der Waals surface area contributed by atoms with E-state index in [0.29, 0.717) is 46.9 Å². The highest BCUT2D eigenvalue weighted by atomic mass is 79.9. The van der Waals surface area contributed by atoms with Crippen LogP contribution in [-0.4, -0.2) is 234 Å². The minimum Gasteiger partial charge on any atom is -0.478 e. The molecule has 5 aromatic carbocycles. The molecule has 121 heavy (non-hydrogen) atoms. The van der Waals surface area contributed by atoms with Crippen molar-refractivity contribution in [2.24, 2.45) is 11.5 Å². The van der Waals surface area contributed by atoms with E-state index in [1.807, 2.05) is 107 Å². The Morgan fingerprint density at radius 3 is 1.17 bits per heavy atom. The van der Waals surface area contributed by atoms with E-state index in [1.165, 1.54) is 243 Å². The highest BCUT2D eigenvalue weighted by Gasteiger charge is 2.41.